The number of benzene rings is 1. The lowest BCUT2D eigenvalue weighted by atomic mass is 10.1. The van der Waals surface area contributed by atoms with Crippen LogP contribution in [0.4, 0.5) is 4.79 Å². The minimum atomic E-state index is -0.695. The van der Waals surface area contributed by atoms with Crippen LogP contribution in [0.5, 0.6) is 5.75 Å². The number of phenolic OH excluding ortho intramolecular Hbond substituents is 1. The molecule has 1 aromatic carbocycles. The van der Waals surface area contributed by atoms with Crippen LogP contribution in [0.3, 0.4) is 0 Å². The zero-order valence-electron chi connectivity index (χ0n) is 8.40. The molecule has 5 nitrogen and oxygen atoms in total. The molecule has 0 heterocycles. The fourth-order valence-electron chi connectivity index (χ4n) is 1.12. The molecule has 1 rings (SSSR count). The van der Waals surface area contributed by atoms with Crippen molar-refractivity contribution in [3.63, 3.8) is 0 Å². The molecule has 0 aliphatic carbocycles. The van der Waals surface area contributed by atoms with E-state index in [4.69, 9.17) is 10.8 Å². The Labute approximate surface area is 87.6 Å². The van der Waals surface area contributed by atoms with Crippen molar-refractivity contribution in [1.82, 2.24) is 5.43 Å². The van der Waals surface area contributed by atoms with Gasteiger partial charge in [-0.2, -0.15) is 5.10 Å². The van der Waals surface area contributed by atoms with Gasteiger partial charge < -0.3 is 10.8 Å². The topological polar surface area (TPSA) is 87.7 Å². The van der Waals surface area contributed by atoms with Crippen LogP contribution in [0.15, 0.2) is 29.4 Å². The first-order valence-corrected chi connectivity index (χ1v) is 4.55. The van der Waals surface area contributed by atoms with Crippen molar-refractivity contribution in [3.8, 4) is 5.75 Å². The Morgan fingerprint density at radius 2 is 2.07 bits per heavy atom. The Morgan fingerprint density at radius 1 is 1.47 bits per heavy atom. The number of amides is 2. The third-order valence-corrected chi connectivity index (χ3v) is 1.84. The van der Waals surface area contributed by atoms with E-state index in [2.05, 4.69) is 10.5 Å². The quantitative estimate of drug-likeness (QED) is 0.513. The number of phenols is 1. The second kappa shape index (κ2) is 4.99. The van der Waals surface area contributed by atoms with E-state index in [1.165, 1.54) is 0 Å². The molecule has 80 valence electrons. The summed E-state index contributed by atoms with van der Waals surface area (Å²) in [6, 6.07) is 5.87. The Kier molecular flexibility index (Phi) is 3.68. The van der Waals surface area contributed by atoms with Gasteiger partial charge in [0, 0.05) is 0 Å². The SMILES string of the molecule is CC/C(=N\NC(N)=O)c1ccc(O)cc1. The molecule has 2 amide bonds. The lowest BCUT2D eigenvalue weighted by Gasteiger charge is -2.03. The molecule has 0 radical (unpaired) electrons. The van der Waals surface area contributed by atoms with Crippen molar-refractivity contribution in [2.45, 2.75) is 13.3 Å². The van der Waals surface area contributed by atoms with Crippen LogP contribution in [-0.2, 0) is 0 Å². The number of urea groups is 1. The highest BCUT2D eigenvalue weighted by Crippen LogP contribution is 2.11. The molecular formula is C10H13N3O2. The molecule has 0 aliphatic rings. The minimum absolute atomic E-state index is 0.192. The number of nitrogens with zero attached hydrogens (tertiary/aromatic N) is 1. The summed E-state index contributed by atoms with van der Waals surface area (Å²) in [6.45, 7) is 1.91. The molecule has 0 aliphatic heterocycles. The van der Waals surface area contributed by atoms with E-state index in [0.29, 0.717) is 12.1 Å². The van der Waals surface area contributed by atoms with Crippen molar-refractivity contribution in [1.29, 1.82) is 0 Å². The lowest BCUT2D eigenvalue weighted by Crippen LogP contribution is -2.25. The third-order valence-electron chi connectivity index (χ3n) is 1.84. The maximum atomic E-state index is 10.5. The summed E-state index contributed by atoms with van der Waals surface area (Å²) in [5.74, 6) is 0.192. The van der Waals surface area contributed by atoms with Crippen molar-refractivity contribution in [3.05, 3.63) is 29.8 Å². The number of hydrazone groups is 1. The summed E-state index contributed by atoms with van der Waals surface area (Å²) in [6.07, 6.45) is 0.658. The highest BCUT2D eigenvalue weighted by Gasteiger charge is 2.01. The molecule has 0 spiro atoms. The lowest BCUT2D eigenvalue weighted by molar-refractivity contribution is 0.249. The highest BCUT2D eigenvalue weighted by molar-refractivity contribution is 6.00. The van der Waals surface area contributed by atoms with E-state index in [0.717, 1.165) is 5.56 Å². The van der Waals surface area contributed by atoms with Crippen LogP contribution in [0, 0.1) is 0 Å². The van der Waals surface area contributed by atoms with E-state index in [1.807, 2.05) is 6.92 Å². The second-order valence-electron chi connectivity index (χ2n) is 2.93. The number of primary amides is 1. The van der Waals surface area contributed by atoms with Gasteiger partial charge in [-0.25, -0.2) is 10.2 Å². The maximum Gasteiger partial charge on any atom is 0.332 e. The molecule has 1 aromatic rings. The zero-order chi connectivity index (χ0) is 11.3. The number of aromatic hydroxyl groups is 1. The van der Waals surface area contributed by atoms with Gasteiger partial charge in [0.15, 0.2) is 0 Å². The first-order valence-electron chi connectivity index (χ1n) is 4.55. The molecule has 0 fully saturated rings. The molecule has 5 heteroatoms. The molecule has 0 saturated heterocycles. The van der Waals surface area contributed by atoms with Crippen LogP contribution in [0.2, 0.25) is 0 Å². The van der Waals surface area contributed by atoms with Crippen LogP contribution >= 0.6 is 0 Å². The summed E-state index contributed by atoms with van der Waals surface area (Å²) in [7, 11) is 0. The van der Waals surface area contributed by atoms with Gasteiger partial charge in [0.1, 0.15) is 5.75 Å². The zero-order valence-corrected chi connectivity index (χ0v) is 8.40. The maximum absolute atomic E-state index is 10.5. The number of rotatable bonds is 3. The fraction of sp³-hybridized carbons (Fsp3) is 0.200. The number of nitrogens with two attached hydrogens (primary N) is 1. The van der Waals surface area contributed by atoms with Crippen LogP contribution in [-0.4, -0.2) is 16.8 Å². The Bertz CT molecular complexity index is 371. The molecule has 0 bridgehead atoms. The first kappa shape index (κ1) is 11.0. The number of carbonyl (C=O) groups excluding carboxylic acids is 1. The van der Waals surface area contributed by atoms with Crippen molar-refractivity contribution >= 4 is 11.7 Å². The minimum Gasteiger partial charge on any atom is -0.508 e. The van der Waals surface area contributed by atoms with Gasteiger partial charge in [0.2, 0.25) is 0 Å². The van der Waals surface area contributed by atoms with E-state index in [-0.39, 0.29) is 5.75 Å². The van der Waals surface area contributed by atoms with Gasteiger partial charge in [0.25, 0.3) is 0 Å². The first-order chi connectivity index (χ1) is 7.13. The van der Waals surface area contributed by atoms with Gasteiger partial charge in [-0.3, -0.25) is 0 Å². The van der Waals surface area contributed by atoms with Crippen LogP contribution in [0.25, 0.3) is 0 Å². The Hall–Kier alpha value is -2.04. The molecule has 15 heavy (non-hydrogen) atoms. The fourth-order valence-corrected chi connectivity index (χ4v) is 1.12. The molecule has 4 N–H and O–H groups in total. The summed E-state index contributed by atoms with van der Waals surface area (Å²) < 4.78 is 0. The van der Waals surface area contributed by atoms with Crippen LogP contribution in [0.1, 0.15) is 18.9 Å². The Morgan fingerprint density at radius 3 is 2.53 bits per heavy atom. The predicted molar refractivity (Wildman–Crippen MR) is 57.7 cm³/mol. The number of hydrogen-bond donors (Lipinski definition) is 3. The molecule has 0 aromatic heterocycles. The van der Waals surface area contributed by atoms with Gasteiger partial charge in [-0.1, -0.05) is 6.92 Å². The average molecular weight is 207 g/mol. The Balaban J connectivity index is 2.87. The molecule has 0 saturated carbocycles. The molecular weight excluding hydrogens is 194 g/mol. The number of hydrogen-bond acceptors (Lipinski definition) is 3. The summed E-state index contributed by atoms with van der Waals surface area (Å²) in [5.41, 5.74) is 8.61. The number of nitrogens with one attached hydrogen (secondary N) is 1. The van der Waals surface area contributed by atoms with E-state index in [9.17, 15) is 4.79 Å². The van der Waals surface area contributed by atoms with Crippen molar-refractivity contribution in [2.75, 3.05) is 0 Å². The van der Waals surface area contributed by atoms with E-state index in [1.54, 1.807) is 24.3 Å². The highest BCUT2D eigenvalue weighted by atomic mass is 16.3. The average Bonchev–Trinajstić information content (AvgIpc) is 2.21. The van der Waals surface area contributed by atoms with E-state index >= 15 is 0 Å². The standard InChI is InChI=1S/C10H13N3O2/c1-2-9(12-13-10(11)15)7-3-5-8(14)6-4-7/h3-6,14H,2H2,1H3,(H3,11,13,15)/b12-9+. The summed E-state index contributed by atoms with van der Waals surface area (Å²) in [4.78, 5) is 10.5. The van der Waals surface area contributed by atoms with Crippen molar-refractivity contribution < 1.29 is 9.90 Å². The van der Waals surface area contributed by atoms with Gasteiger partial charge >= 0.3 is 6.03 Å². The van der Waals surface area contributed by atoms with E-state index < -0.39 is 6.03 Å². The monoisotopic (exact) mass is 207 g/mol. The second-order valence-corrected chi connectivity index (χ2v) is 2.93. The van der Waals surface area contributed by atoms with Crippen LogP contribution < -0.4 is 11.2 Å². The predicted octanol–water partition coefficient (Wildman–Crippen LogP) is 1.17. The molecule has 0 atom stereocenters. The van der Waals surface area contributed by atoms with Crippen molar-refractivity contribution in [2.24, 2.45) is 10.8 Å². The summed E-state index contributed by atoms with van der Waals surface area (Å²) in [5, 5.41) is 13.0. The third kappa shape index (κ3) is 3.30. The largest absolute Gasteiger partial charge is 0.508 e. The normalized spacial score (nSPS) is 11.1. The van der Waals surface area contributed by atoms with Gasteiger partial charge in [0.05, 0.1) is 5.71 Å². The van der Waals surface area contributed by atoms with Gasteiger partial charge in [-0.15, -0.1) is 0 Å². The molecule has 0 unspecified atom stereocenters. The number of carbonyl (C=O) groups is 1. The van der Waals surface area contributed by atoms with Gasteiger partial charge in [-0.05, 0) is 36.2 Å². The summed E-state index contributed by atoms with van der Waals surface area (Å²) >= 11 is 0. The smallest absolute Gasteiger partial charge is 0.332 e.